The van der Waals surface area contributed by atoms with E-state index in [1.807, 2.05) is 0 Å². The summed E-state index contributed by atoms with van der Waals surface area (Å²) in [5.74, 6) is -5.34. The Bertz CT molecular complexity index is 422. The fourth-order valence-electron chi connectivity index (χ4n) is 1.68. The summed E-state index contributed by atoms with van der Waals surface area (Å²) in [6.45, 7) is 1.94. The summed E-state index contributed by atoms with van der Waals surface area (Å²) < 4.78 is 76.2. The molecule has 0 saturated carbocycles. The van der Waals surface area contributed by atoms with Crippen LogP contribution >= 0.6 is 0 Å². The van der Waals surface area contributed by atoms with E-state index in [2.05, 4.69) is 10.2 Å². The largest absolute Gasteiger partial charge is 0.407 e. The maximum Gasteiger partial charge on any atom is 0.407 e. The van der Waals surface area contributed by atoms with Gasteiger partial charge in [0, 0.05) is 6.04 Å². The van der Waals surface area contributed by atoms with E-state index in [0.29, 0.717) is 4.57 Å². The van der Waals surface area contributed by atoms with E-state index >= 15 is 0 Å². The predicted octanol–water partition coefficient (Wildman–Crippen LogP) is 2.56. The van der Waals surface area contributed by atoms with Crippen molar-refractivity contribution in [3.63, 3.8) is 0 Å². The van der Waals surface area contributed by atoms with Crippen molar-refractivity contribution in [2.24, 2.45) is 0 Å². The summed E-state index contributed by atoms with van der Waals surface area (Å²) in [6.07, 6.45) is -11.1. The maximum absolute atomic E-state index is 12.6. The van der Waals surface area contributed by atoms with Gasteiger partial charge < -0.3 is 9.67 Å². The van der Waals surface area contributed by atoms with Crippen molar-refractivity contribution in [3.05, 3.63) is 11.6 Å². The zero-order chi connectivity index (χ0) is 15.0. The molecule has 110 valence electrons. The van der Waals surface area contributed by atoms with Crippen molar-refractivity contribution in [2.45, 2.75) is 44.8 Å². The van der Waals surface area contributed by atoms with Gasteiger partial charge in [-0.25, -0.2) is 0 Å². The van der Waals surface area contributed by atoms with Gasteiger partial charge in [0.25, 0.3) is 0 Å². The number of alkyl halides is 6. The van der Waals surface area contributed by atoms with Gasteiger partial charge in [0.2, 0.25) is 5.92 Å². The molecular formula is C9H11F6N3O. The van der Waals surface area contributed by atoms with Gasteiger partial charge >= 0.3 is 12.4 Å². The van der Waals surface area contributed by atoms with Crippen LogP contribution in [-0.4, -0.2) is 32.2 Å². The van der Waals surface area contributed by atoms with Crippen LogP contribution in [-0.2, 0) is 6.61 Å². The van der Waals surface area contributed by atoms with Crippen LogP contribution in [0.25, 0.3) is 0 Å². The number of halogens is 6. The molecule has 0 amide bonds. The SMILES string of the molecule is CC(C)n1c(CO)nnc1C(C(F)(F)F)C(F)(F)F. The number of rotatable bonds is 3. The van der Waals surface area contributed by atoms with Gasteiger partial charge in [-0.3, -0.25) is 0 Å². The maximum atomic E-state index is 12.6. The van der Waals surface area contributed by atoms with Crippen molar-refractivity contribution < 1.29 is 31.4 Å². The highest BCUT2D eigenvalue weighted by atomic mass is 19.4. The molecule has 1 aromatic rings. The number of hydrogen-bond donors (Lipinski definition) is 1. The highest BCUT2D eigenvalue weighted by Gasteiger charge is 2.60. The van der Waals surface area contributed by atoms with Crippen LogP contribution in [0.4, 0.5) is 26.3 Å². The third kappa shape index (κ3) is 3.17. The Kier molecular flexibility index (Phi) is 4.13. The number of hydrogen-bond acceptors (Lipinski definition) is 3. The van der Waals surface area contributed by atoms with Crippen LogP contribution in [0.3, 0.4) is 0 Å². The van der Waals surface area contributed by atoms with Crippen molar-refractivity contribution in [1.29, 1.82) is 0 Å². The zero-order valence-electron chi connectivity index (χ0n) is 9.92. The van der Waals surface area contributed by atoms with Gasteiger partial charge in [-0.05, 0) is 13.8 Å². The molecule has 1 aromatic heterocycles. The Morgan fingerprint density at radius 2 is 1.53 bits per heavy atom. The standard InChI is InChI=1S/C9H11F6N3O/c1-4(2)18-5(3-19)16-17-7(18)6(8(10,11)12)9(13,14)15/h4,6,19H,3H2,1-2H3. The predicted molar refractivity (Wildman–Crippen MR) is 51.2 cm³/mol. The van der Waals surface area contributed by atoms with Crippen LogP contribution in [0.1, 0.15) is 37.5 Å². The number of aliphatic hydroxyl groups excluding tert-OH is 1. The van der Waals surface area contributed by atoms with Crippen LogP contribution in [0.15, 0.2) is 0 Å². The van der Waals surface area contributed by atoms with Crippen molar-refractivity contribution >= 4 is 0 Å². The first-order chi connectivity index (χ1) is 8.50. The molecule has 4 nitrogen and oxygen atoms in total. The number of aromatic nitrogens is 3. The first-order valence-electron chi connectivity index (χ1n) is 5.18. The van der Waals surface area contributed by atoms with E-state index in [4.69, 9.17) is 5.11 Å². The van der Waals surface area contributed by atoms with Crippen molar-refractivity contribution in [3.8, 4) is 0 Å². The first-order valence-corrected chi connectivity index (χ1v) is 5.18. The normalized spacial score (nSPS) is 13.6. The lowest BCUT2D eigenvalue weighted by Gasteiger charge is -2.24. The molecule has 0 unspecified atom stereocenters. The molecule has 0 aromatic carbocycles. The minimum absolute atomic E-state index is 0.344. The summed E-state index contributed by atoms with van der Waals surface area (Å²) in [5.41, 5.74) is 0. The Balaban J connectivity index is 3.44. The van der Waals surface area contributed by atoms with Gasteiger partial charge in [0.05, 0.1) is 0 Å². The van der Waals surface area contributed by atoms with Gasteiger partial charge in [0.15, 0.2) is 11.6 Å². The molecule has 0 radical (unpaired) electrons. The third-order valence-electron chi connectivity index (χ3n) is 2.36. The Morgan fingerprint density at radius 3 is 1.84 bits per heavy atom. The highest BCUT2D eigenvalue weighted by Crippen LogP contribution is 2.46. The van der Waals surface area contributed by atoms with E-state index in [1.165, 1.54) is 13.8 Å². The van der Waals surface area contributed by atoms with Gasteiger partial charge in [-0.2, -0.15) is 26.3 Å². The molecule has 0 bridgehead atoms. The zero-order valence-corrected chi connectivity index (χ0v) is 9.92. The first kappa shape index (κ1) is 15.7. The fraction of sp³-hybridized carbons (Fsp3) is 0.778. The molecule has 0 fully saturated rings. The number of aliphatic hydroxyl groups is 1. The van der Waals surface area contributed by atoms with E-state index in [0.717, 1.165) is 0 Å². The fourth-order valence-corrected chi connectivity index (χ4v) is 1.68. The smallest absolute Gasteiger partial charge is 0.388 e. The van der Waals surface area contributed by atoms with Crippen molar-refractivity contribution in [1.82, 2.24) is 14.8 Å². The monoisotopic (exact) mass is 291 g/mol. The van der Waals surface area contributed by atoms with Crippen LogP contribution < -0.4 is 0 Å². The Morgan fingerprint density at radius 1 is 1.05 bits per heavy atom. The molecule has 0 atom stereocenters. The molecular weight excluding hydrogens is 280 g/mol. The second-order valence-corrected chi connectivity index (χ2v) is 4.11. The second kappa shape index (κ2) is 4.99. The van der Waals surface area contributed by atoms with E-state index in [-0.39, 0.29) is 5.82 Å². The lowest BCUT2D eigenvalue weighted by atomic mass is 10.1. The lowest BCUT2D eigenvalue weighted by Crippen LogP contribution is -2.36. The quantitative estimate of drug-likeness (QED) is 0.871. The highest BCUT2D eigenvalue weighted by molar-refractivity contribution is 5.09. The van der Waals surface area contributed by atoms with E-state index in [9.17, 15) is 26.3 Å². The average Bonchev–Trinajstić information content (AvgIpc) is 2.56. The molecule has 1 N–H and O–H groups in total. The molecule has 0 aliphatic heterocycles. The van der Waals surface area contributed by atoms with Gasteiger partial charge in [-0.15, -0.1) is 10.2 Å². The number of nitrogens with zero attached hydrogens (tertiary/aromatic N) is 3. The minimum Gasteiger partial charge on any atom is -0.388 e. The molecule has 0 aliphatic carbocycles. The van der Waals surface area contributed by atoms with Crippen LogP contribution in [0.5, 0.6) is 0 Å². The lowest BCUT2D eigenvalue weighted by molar-refractivity contribution is -0.256. The average molecular weight is 291 g/mol. The third-order valence-corrected chi connectivity index (χ3v) is 2.36. The second-order valence-electron chi connectivity index (χ2n) is 4.11. The summed E-state index contributed by atoms with van der Waals surface area (Å²) >= 11 is 0. The molecule has 1 heterocycles. The summed E-state index contributed by atoms with van der Waals surface area (Å²) in [4.78, 5) is 0. The molecule has 0 spiro atoms. The van der Waals surface area contributed by atoms with Crippen LogP contribution in [0, 0.1) is 0 Å². The molecule has 19 heavy (non-hydrogen) atoms. The van der Waals surface area contributed by atoms with Gasteiger partial charge in [-0.1, -0.05) is 0 Å². The molecule has 0 aliphatic rings. The van der Waals surface area contributed by atoms with E-state index < -0.39 is 36.7 Å². The summed E-state index contributed by atoms with van der Waals surface area (Å²) in [6, 6.07) is -0.751. The molecule has 0 saturated heterocycles. The Hall–Kier alpha value is -1.32. The van der Waals surface area contributed by atoms with Crippen molar-refractivity contribution in [2.75, 3.05) is 0 Å². The minimum atomic E-state index is -5.54. The molecule has 10 heteroatoms. The topological polar surface area (TPSA) is 50.9 Å². The van der Waals surface area contributed by atoms with E-state index in [1.54, 1.807) is 0 Å². The van der Waals surface area contributed by atoms with Crippen LogP contribution in [0.2, 0.25) is 0 Å². The summed E-state index contributed by atoms with van der Waals surface area (Å²) in [5, 5.41) is 15.0. The van der Waals surface area contributed by atoms with Gasteiger partial charge in [0.1, 0.15) is 6.61 Å². The Labute approximate surface area is 104 Å². The molecule has 1 rings (SSSR count). The summed E-state index contributed by atoms with van der Waals surface area (Å²) in [7, 11) is 0.